The van der Waals surface area contributed by atoms with Crippen LogP contribution in [0.4, 0.5) is 13.2 Å². The molecule has 0 radical (unpaired) electrons. The summed E-state index contributed by atoms with van der Waals surface area (Å²) in [6, 6.07) is 10.7. The molecular formula is C25H23ClF3NO5. The number of carboxylic acid groups (broad SMARTS) is 1. The largest absolute Gasteiger partial charge is 0.496 e. The first kappa shape index (κ1) is 26.3. The molecule has 0 bridgehead atoms. The van der Waals surface area contributed by atoms with Crippen molar-refractivity contribution in [3.8, 4) is 16.9 Å². The molecule has 2 aromatic carbocycles. The van der Waals surface area contributed by atoms with Gasteiger partial charge in [0.1, 0.15) is 11.3 Å². The lowest BCUT2D eigenvalue weighted by atomic mass is 9.78. The Morgan fingerprint density at radius 3 is 2.29 bits per heavy atom. The third kappa shape index (κ3) is 4.78. The first-order valence-corrected chi connectivity index (χ1v) is 10.9. The molecule has 0 amide bonds. The Balaban J connectivity index is 2.09. The Hall–Kier alpha value is -3.30. The van der Waals surface area contributed by atoms with Crippen molar-refractivity contribution >= 4 is 17.6 Å². The maximum atomic E-state index is 14.3. The topological polar surface area (TPSA) is 88.8 Å². The molecule has 0 aliphatic rings. The Morgan fingerprint density at radius 1 is 1.11 bits per heavy atom. The van der Waals surface area contributed by atoms with Gasteiger partial charge in [0.25, 0.3) is 5.56 Å². The SMILES string of the molecule is CCn1cc(C(O)(C(C)c2ccc(-c3ccc(C(=O)O)c(OC)c3)cc2Cl)C(F)(F)F)ccc1=O. The van der Waals surface area contributed by atoms with Crippen LogP contribution in [0.25, 0.3) is 11.1 Å². The lowest BCUT2D eigenvalue weighted by Crippen LogP contribution is -2.47. The average molecular weight is 510 g/mol. The maximum Gasteiger partial charge on any atom is 0.422 e. The van der Waals surface area contributed by atoms with E-state index < -0.39 is 34.8 Å². The van der Waals surface area contributed by atoms with Gasteiger partial charge in [-0.2, -0.15) is 13.2 Å². The summed E-state index contributed by atoms with van der Waals surface area (Å²) in [4.78, 5) is 23.2. The Labute approximate surface area is 204 Å². The van der Waals surface area contributed by atoms with Gasteiger partial charge >= 0.3 is 12.1 Å². The van der Waals surface area contributed by atoms with Gasteiger partial charge in [-0.1, -0.05) is 36.7 Å². The van der Waals surface area contributed by atoms with Crippen molar-refractivity contribution in [1.82, 2.24) is 4.57 Å². The molecule has 35 heavy (non-hydrogen) atoms. The lowest BCUT2D eigenvalue weighted by molar-refractivity contribution is -0.274. The van der Waals surface area contributed by atoms with Gasteiger partial charge in [0.2, 0.25) is 0 Å². The fraction of sp³-hybridized carbons (Fsp3) is 0.280. The Kier molecular flexibility index (Phi) is 7.33. The third-order valence-electron chi connectivity index (χ3n) is 6.06. The van der Waals surface area contributed by atoms with E-state index in [-0.39, 0.29) is 28.4 Å². The van der Waals surface area contributed by atoms with Gasteiger partial charge in [0.05, 0.1) is 7.11 Å². The zero-order valence-electron chi connectivity index (χ0n) is 19.1. The molecule has 0 aliphatic heterocycles. The number of nitrogens with zero attached hydrogens (tertiary/aromatic N) is 1. The summed E-state index contributed by atoms with van der Waals surface area (Å²) in [5.74, 6) is -2.59. The summed E-state index contributed by atoms with van der Waals surface area (Å²) in [5, 5.41) is 20.3. The fourth-order valence-corrected chi connectivity index (χ4v) is 4.34. The van der Waals surface area contributed by atoms with E-state index in [2.05, 4.69) is 0 Å². The molecule has 2 N–H and O–H groups in total. The number of aryl methyl sites for hydroxylation is 1. The molecule has 1 aromatic heterocycles. The summed E-state index contributed by atoms with van der Waals surface area (Å²) in [6.45, 7) is 2.95. The number of methoxy groups -OCH3 is 1. The van der Waals surface area contributed by atoms with E-state index >= 15 is 0 Å². The molecule has 3 rings (SSSR count). The van der Waals surface area contributed by atoms with Crippen LogP contribution in [0.3, 0.4) is 0 Å². The molecular weight excluding hydrogens is 487 g/mol. The number of hydrogen-bond acceptors (Lipinski definition) is 4. The second kappa shape index (κ2) is 9.75. The van der Waals surface area contributed by atoms with Gasteiger partial charge in [-0.05, 0) is 47.9 Å². The van der Waals surface area contributed by atoms with Crippen molar-refractivity contribution < 1.29 is 32.9 Å². The van der Waals surface area contributed by atoms with Gasteiger partial charge in [0.15, 0.2) is 5.60 Å². The van der Waals surface area contributed by atoms with Gasteiger partial charge in [-0.25, -0.2) is 4.79 Å². The van der Waals surface area contributed by atoms with Crippen molar-refractivity contribution in [3.05, 3.63) is 86.8 Å². The van der Waals surface area contributed by atoms with Crippen LogP contribution in [0.2, 0.25) is 5.02 Å². The molecule has 2 unspecified atom stereocenters. The van der Waals surface area contributed by atoms with E-state index in [4.69, 9.17) is 16.3 Å². The van der Waals surface area contributed by atoms with E-state index in [0.717, 1.165) is 22.9 Å². The predicted molar refractivity (Wildman–Crippen MR) is 125 cm³/mol. The molecule has 186 valence electrons. The number of aromatic nitrogens is 1. The fourth-order valence-electron chi connectivity index (χ4n) is 3.99. The van der Waals surface area contributed by atoms with Gasteiger partial charge < -0.3 is 19.5 Å². The number of aliphatic hydroxyl groups is 1. The van der Waals surface area contributed by atoms with E-state index in [1.807, 2.05) is 0 Å². The molecule has 0 spiro atoms. The summed E-state index contributed by atoms with van der Waals surface area (Å²) >= 11 is 6.40. The van der Waals surface area contributed by atoms with Crippen LogP contribution in [0.5, 0.6) is 5.75 Å². The van der Waals surface area contributed by atoms with Crippen LogP contribution >= 0.6 is 11.6 Å². The summed E-state index contributed by atoms with van der Waals surface area (Å²) in [6.07, 6.45) is -4.07. The van der Waals surface area contributed by atoms with Crippen molar-refractivity contribution in [2.45, 2.75) is 38.1 Å². The number of carboxylic acids is 1. The Bertz CT molecular complexity index is 1320. The molecule has 2 atom stereocenters. The number of rotatable bonds is 7. The first-order chi connectivity index (χ1) is 16.3. The van der Waals surface area contributed by atoms with E-state index in [9.17, 15) is 33.0 Å². The summed E-state index contributed by atoms with van der Waals surface area (Å²) in [7, 11) is 1.32. The highest BCUT2D eigenvalue weighted by Gasteiger charge is 2.59. The van der Waals surface area contributed by atoms with Crippen LogP contribution in [-0.2, 0) is 12.1 Å². The van der Waals surface area contributed by atoms with Crippen molar-refractivity contribution in [1.29, 1.82) is 0 Å². The van der Waals surface area contributed by atoms with Crippen LogP contribution in [0.1, 0.15) is 41.3 Å². The Morgan fingerprint density at radius 2 is 1.74 bits per heavy atom. The zero-order chi connectivity index (χ0) is 26.1. The average Bonchev–Trinajstić information content (AvgIpc) is 2.82. The van der Waals surface area contributed by atoms with Gasteiger partial charge in [-0.15, -0.1) is 0 Å². The third-order valence-corrected chi connectivity index (χ3v) is 6.38. The number of carbonyl (C=O) groups is 1. The molecule has 0 fully saturated rings. The number of halogens is 4. The second-order valence-corrected chi connectivity index (χ2v) is 8.39. The van der Waals surface area contributed by atoms with Crippen molar-refractivity contribution in [2.75, 3.05) is 7.11 Å². The van der Waals surface area contributed by atoms with Crippen molar-refractivity contribution in [3.63, 3.8) is 0 Å². The summed E-state index contributed by atoms with van der Waals surface area (Å²) < 4.78 is 49.1. The van der Waals surface area contributed by atoms with E-state index in [1.54, 1.807) is 6.92 Å². The van der Waals surface area contributed by atoms with E-state index in [1.165, 1.54) is 50.4 Å². The van der Waals surface area contributed by atoms with Crippen LogP contribution < -0.4 is 10.3 Å². The highest BCUT2D eigenvalue weighted by atomic mass is 35.5. The second-order valence-electron chi connectivity index (χ2n) is 7.98. The zero-order valence-corrected chi connectivity index (χ0v) is 19.8. The monoisotopic (exact) mass is 509 g/mol. The molecule has 0 saturated heterocycles. The minimum absolute atomic E-state index is 0.0252. The van der Waals surface area contributed by atoms with Gasteiger partial charge in [0, 0.05) is 35.3 Å². The molecule has 0 aliphatic carbocycles. The number of alkyl halides is 3. The van der Waals surface area contributed by atoms with Crippen molar-refractivity contribution in [2.24, 2.45) is 0 Å². The number of hydrogen-bond donors (Lipinski definition) is 2. The van der Waals surface area contributed by atoms with Crippen LogP contribution in [0.15, 0.2) is 59.5 Å². The maximum absolute atomic E-state index is 14.3. The molecule has 3 aromatic rings. The molecule has 1 heterocycles. The smallest absolute Gasteiger partial charge is 0.422 e. The standard InChI is InChI=1S/C25H23ClF3NO5/c1-4-30-13-17(7-10-22(30)31)24(34,25(27,28)29)14(2)18-8-5-15(11-20(18)26)16-6-9-19(23(32)33)21(12-16)35-3/h5-14,34H,4H2,1-3H3,(H,32,33). The summed E-state index contributed by atoms with van der Waals surface area (Å²) in [5.41, 5.74) is -3.25. The molecule has 6 nitrogen and oxygen atoms in total. The van der Waals surface area contributed by atoms with Crippen LogP contribution in [-0.4, -0.2) is 34.0 Å². The molecule has 0 saturated carbocycles. The first-order valence-electron chi connectivity index (χ1n) is 10.6. The number of aromatic carboxylic acids is 1. The van der Waals surface area contributed by atoms with E-state index in [0.29, 0.717) is 11.1 Å². The highest BCUT2D eigenvalue weighted by Crippen LogP contribution is 2.49. The predicted octanol–water partition coefficient (Wildman–Crippen LogP) is 5.45. The quantitative estimate of drug-likeness (QED) is 0.442. The van der Waals surface area contributed by atoms with Crippen LogP contribution in [0, 0.1) is 0 Å². The minimum Gasteiger partial charge on any atom is -0.496 e. The number of ether oxygens (including phenoxy) is 1. The number of benzene rings is 2. The normalized spacial score (nSPS) is 14.3. The lowest BCUT2D eigenvalue weighted by Gasteiger charge is -2.37. The molecule has 10 heteroatoms. The number of pyridine rings is 1. The minimum atomic E-state index is -5.08. The van der Waals surface area contributed by atoms with Gasteiger partial charge in [-0.3, -0.25) is 4.79 Å². The highest BCUT2D eigenvalue weighted by molar-refractivity contribution is 6.31.